The van der Waals surface area contributed by atoms with Gasteiger partial charge in [0.1, 0.15) is 6.07 Å². The number of nitriles is 1. The van der Waals surface area contributed by atoms with Crippen LogP contribution >= 0.6 is 0 Å². The Labute approximate surface area is 102 Å². The van der Waals surface area contributed by atoms with E-state index >= 15 is 0 Å². The van der Waals surface area contributed by atoms with Crippen LogP contribution in [0.15, 0.2) is 18.2 Å². The van der Waals surface area contributed by atoms with E-state index in [2.05, 4.69) is 30.0 Å². The Morgan fingerprint density at radius 1 is 1.47 bits per heavy atom. The molecule has 1 aromatic carbocycles. The van der Waals surface area contributed by atoms with Crippen molar-refractivity contribution in [1.82, 2.24) is 4.90 Å². The van der Waals surface area contributed by atoms with Crippen molar-refractivity contribution in [2.75, 3.05) is 37.8 Å². The molecule has 1 fully saturated rings. The van der Waals surface area contributed by atoms with Gasteiger partial charge in [0, 0.05) is 30.5 Å². The third kappa shape index (κ3) is 2.34. The van der Waals surface area contributed by atoms with Gasteiger partial charge in [-0.3, -0.25) is 0 Å². The monoisotopic (exact) mass is 230 g/mol. The Kier molecular flexibility index (Phi) is 3.21. The van der Waals surface area contributed by atoms with Gasteiger partial charge in [0.15, 0.2) is 0 Å². The number of nitrogens with two attached hydrogens (primary N) is 1. The van der Waals surface area contributed by atoms with Crippen molar-refractivity contribution in [2.45, 2.75) is 12.5 Å². The fraction of sp³-hybridized carbons (Fsp3) is 0.462. The number of benzene rings is 1. The summed E-state index contributed by atoms with van der Waals surface area (Å²) < 4.78 is 0. The fourth-order valence-corrected chi connectivity index (χ4v) is 2.24. The molecule has 4 heteroatoms. The number of anilines is 2. The van der Waals surface area contributed by atoms with E-state index < -0.39 is 0 Å². The van der Waals surface area contributed by atoms with Crippen LogP contribution < -0.4 is 10.6 Å². The first-order chi connectivity index (χ1) is 8.11. The molecule has 2 rings (SSSR count). The summed E-state index contributed by atoms with van der Waals surface area (Å²) in [6.45, 7) is 2.05. The van der Waals surface area contributed by atoms with Crippen LogP contribution in [0.3, 0.4) is 0 Å². The van der Waals surface area contributed by atoms with Gasteiger partial charge >= 0.3 is 0 Å². The molecule has 2 N–H and O–H groups in total. The topological polar surface area (TPSA) is 56.3 Å². The normalized spacial score (nSPS) is 19.6. The molecule has 4 nitrogen and oxygen atoms in total. The zero-order chi connectivity index (χ0) is 12.4. The van der Waals surface area contributed by atoms with Gasteiger partial charge in [-0.25, -0.2) is 0 Å². The molecule has 1 saturated heterocycles. The lowest BCUT2D eigenvalue weighted by Crippen LogP contribution is -2.31. The smallest absolute Gasteiger partial charge is 0.101 e. The van der Waals surface area contributed by atoms with Gasteiger partial charge in [-0.15, -0.1) is 0 Å². The first-order valence-corrected chi connectivity index (χ1v) is 5.83. The number of nitrogen functional groups attached to an aromatic ring is 1. The van der Waals surface area contributed by atoms with Gasteiger partial charge in [0.2, 0.25) is 0 Å². The Morgan fingerprint density at radius 3 is 2.82 bits per heavy atom. The van der Waals surface area contributed by atoms with Crippen LogP contribution in [-0.2, 0) is 0 Å². The van der Waals surface area contributed by atoms with Crippen LogP contribution in [0.5, 0.6) is 0 Å². The SMILES string of the molecule is CN(C)C1CCN(c2ccc(N)c(C#N)c2)C1. The average Bonchev–Trinajstić information content (AvgIpc) is 2.79. The summed E-state index contributed by atoms with van der Waals surface area (Å²) in [6.07, 6.45) is 1.17. The highest BCUT2D eigenvalue weighted by atomic mass is 15.2. The van der Waals surface area contributed by atoms with E-state index in [1.165, 1.54) is 6.42 Å². The van der Waals surface area contributed by atoms with Crippen LogP contribution in [0.4, 0.5) is 11.4 Å². The molecule has 0 bridgehead atoms. The second kappa shape index (κ2) is 4.64. The molecule has 0 radical (unpaired) electrons. The number of rotatable bonds is 2. The van der Waals surface area contributed by atoms with Crippen LogP contribution in [0, 0.1) is 11.3 Å². The summed E-state index contributed by atoms with van der Waals surface area (Å²) in [5.41, 5.74) is 7.94. The van der Waals surface area contributed by atoms with Crippen molar-refractivity contribution >= 4 is 11.4 Å². The molecule has 0 aromatic heterocycles. The Balaban J connectivity index is 2.17. The van der Waals surface area contributed by atoms with Crippen molar-refractivity contribution in [3.05, 3.63) is 23.8 Å². The molecular weight excluding hydrogens is 212 g/mol. The molecule has 1 aliphatic rings. The van der Waals surface area contributed by atoms with Crippen molar-refractivity contribution < 1.29 is 0 Å². The standard InChI is InChI=1S/C13H18N4/c1-16(2)12-5-6-17(9-12)11-3-4-13(15)10(7-11)8-14/h3-4,7,12H,5-6,9,15H2,1-2H3. The van der Waals surface area contributed by atoms with Crippen LogP contribution in [0.1, 0.15) is 12.0 Å². The van der Waals surface area contributed by atoms with E-state index in [0.717, 1.165) is 18.8 Å². The lowest BCUT2D eigenvalue weighted by molar-refractivity contribution is 0.315. The zero-order valence-electron chi connectivity index (χ0n) is 10.3. The highest BCUT2D eigenvalue weighted by Crippen LogP contribution is 2.25. The molecule has 1 aliphatic heterocycles. The summed E-state index contributed by atoms with van der Waals surface area (Å²) >= 11 is 0. The van der Waals surface area contributed by atoms with Crippen molar-refractivity contribution in [2.24, 2.45) is 0 Å². The molecule has 0 saturated carbocycles. The fourth-order valence-electron chi connectivity index (χ4n) is 2.24. The lowest BCUT2D eigenvalue weighted by Gasteiger charge is -2.22. The number of hydrogen-bond acceptors (Lipinski definition) is 4. The van der Waals surface area contributed by atoms with Crippen molar-refractivity contribution in [3.8, 4) is 6.07 Å². The van der Waals surface area contributed by atoms with Crippen LogP contribution in [0.25, 0.3) is 0 Å². The highest BCUT2D eigenvalue weighted by Gasteiger charge is 2.24. The zero-order valence-corrected chi connectivity index (χ0v) is 10.3. The van der Waals surface area contributed by atoms with Crippen molar-refractivity contribution in [3.63, 3.8) is 0 Å². The van der Waals surface area contributed by atoms with Crippen LogP contribution in [0.2, 0.25) is 0 Å². The molecule has 1 atom stereocenters. The number of hydrogen-bond donors (Lipinski definition) is 1. The molecule has 1 heterocycles. The summed E-state index contributed by atoms with van der Waals surface area (Å²) in [7, 11) is 4.22. The van der Waals surface area contributed by atoms with Gasteiger partial charge in [0.25, 0.3) is 0 Å². The first kappa shape index (κ1) is 11.7. The summed E-state index contributed by atoms with van der Waals surface area (Å²) in [4.78, 5) is 4.56. The van der Waals surface area contributed by atoms with E-state index in [9.17, 15) is 0 Å². The van der Waals surface area contributed by atoms with E-state index in [0.29, 0.717) is 17.3 Å². The first-order valence-electron chi connectivity index (χ1n) is 5.83. The molecule has 1 aromatic rings. The maximum absolute atomic E-state index is 8.97. The lowest BCUT2D eigenvalue weighted by atomic mass is 10.1. The quantitative estimate of drug-likeness (QED) is 0.778. The Morgan fingerprint density at radius 2 is 2.24 bits per heavy atom. The van der Waals surface area contributed by atoms with Gasteiger partial charge in [-0.1, -0.05) is 0 Å². The summed E-state index contributed by atoms with van der Waals surface area (Å²) in [5.74, 6) is 0. The maximum Gasteiger partial charge on any atom is 0.101 e. The molecule has 17 heavy (non-hydrogen) atoms. The van der Waals surface area contributed by atoms with E-state index in [1.54, 1.807) is 0 Å². The molecule has 0 amide bonds. The minimum Gasteiger partial charge on any atom is -0.398 e. The van der Waals surface area contributed by atoms with Gasteiger partial charge < -0.3 is 15.5 Å². The number of likely N-dealkylation sites (N-methyl/N-ethyl adjacent to an activating group) is 1. The number of nitrogens with zero attached hydrogens (tertiary/aromatic N) is 3. The third-order valence-corrected chi connectivity index (χ3v) is 3.42. The van der Waals surface area contributed by atoms with E-state index in [-0.39, 0.29) is 0 Å². The van der Waals surface area contributed by atoms with Gasteiger partial charge in [-0.2, -0.15) is 5.26 Å². The molecule has 0 spiro atoms. The molecule has 1 unspecified atom stereocenters. The third-order valence-electron chi connectivity index (χ3n) is 3.42. The van der Waals surface area contributed by atoms with E-state index in [4.69, 9.17) is 11.0 Å². The molecular formula is C13H18N4. The Bertz CT molecular complexity index is 447. The predicted octanol–water partition coefficient (Wildman–Crippen LogP) is 1.28. The van der Waals surface area contributed by atoms with Crippen LogP contribution in [-0.4, -0.2) is 38.1 Å². The largest absolute Gasteiger partial charge is 0.398 e. The minimum atomic E-state index is 0.555. The molecule has 90 valence electrons. The summed E-state index contributed by atoms with van der Waals surface area (Å²) in [6, 6.07) is 8.42. The minimum absolute atomic E-state index is 0.555. The molecule has 0 aliphatic carbocycles. The average molecular weight is 230 g/mol. The van der Waals surface area contributed by atoms with E-state index in [1.807, 2.05) is 18.2 Å². The second-order valence-electron chi connectivity index (χ2n) is 4.74. The van der Waals surface area contributed by atoms with Gasteiger partial charge in [0.05, 0.1) is 5.56 Å². The Hall–Kier alpha value is -1.73. The highest BCUT2D eigenvalue weighted by molar-refractivity contribution is 5.63. The van der Waals surface area contributed by atoms with Gasteiger partial charge in [-0.05, 0) is 38.7 Å². The predicted molar refractivity (Wildman–Crippen MR) is 69.9 cm³/mol. The maximum atomic E-state index is 8.97. The van der Waals surface area contributed by atoms with Crippen molar-refractivity contribution in [1.29, 1.82) is 5.26 Å². The second-order valence-corrected chi connectivity index (χ2v) is 4.74. The summed E-state index contributed by atoms with van der Waals surface area (Å²) in [5, 5.41) is 8.97.